The molecule has 1 aromatic carbocycles. The van der Waals surface area contributed by atoms with Crippen LogP contribution in [0.4, 0.5) is 0 Å². The molecule has 0 bridgehead atoms. The monoisotopic (exact) mass is 405 g/mol. The molecule has 3 aromatic heterocycles. The quantitative estimate of drug-likeness (QED) is 0.565. The van der Waals surface area contributed by atoms with Gasteiger partial charge in [-0.25, -0.2) is 0 Å². The predicted octanol–water partition coefficient (Wildman–Crippen LogP) is 3.04. The minimum Gasteiger partial charge on any atom is -0.328 e. The molecule has 8 nitrogen and oxygen atoms in total. The smallest absolute Gasteiger partial charge is 0.272 e. The van der Waals surface area contributed by atoms with Crippen LogP contribution in [-0.4, -0.2) is 47.3 Å². The van der Waals surface area contributed by atoms with Crippen molar-refractivity contribution in [1.29, 1.82) is 0 Å². The number of amides is 1. The SMILES string of the molecule is O=C(c1cc(-c2ccc(Cl)cc2)n[nH]1)N1CCn2c(nnc2-c2ccccn2)C1. The van der Waals surface area contributed by atoms with E-state index in [1.54, 1.807) is 29.3 Å². The second kappa shape index (κ2) is 7.14. The van der Waals surface area contributed by atoms with Gasteiger partial charge in [0.15, 0.2) is 11.6 Å². The number of halogens is 1. The lowest BCUT2D eigenvalue weighted by Gasteiger charge is -2.27. The average Bonchev–Trinajstić information content (AvgIpc) is 3.41. The summed E-state index contributed by atoms with van der Waals surface area (Å²) in [5, 5.41) is 16.3. The number of carbonyl (C=O) groups excluding carboxylic acids is 1. The standard InChI is InChI=1S/C20H16ClN7O/c21-14-6-4-13(5-7-14)16-11-17(24-23-16)20(29)27-9-10-28-18(12-27)25-26-19(28)15-3-1-2-8-22-15/h1-8,11H,9-10,12H2,(H,23,24). The van der Waals surface area contributed by atoms with Gasteiger partial charge in [-0.15, -0.1) is 10.2 Å². The van der Waals surface area contributed by atoms with Gasteiger partial charge in [0.05, 0.1) is 12.2 Å². The molecule has 144 valence electrons. The molecule has 1 N–H and O–H groups in total. The summed E-state index contributed by atoms with van der Waals surface area (Å²) >= 11 is 5.93. The highest BCUT2D eigenvalue weighted by atomic mass is 35.5. The second-order valence-corrected chi connectivity index (χ2v) is 7.14. The van der Waals surface area contributed by atoms with E-state index in [2.05, 4.69) is 25.4 Å². The number of aromatic nitrogens is 6. The summed E-state index contributed by atoms with van der Waals surface area (Å²) in [7, 11) is 0. The molecule has 0 saturated carbocycles. The van der Waals surface area contributed by atoms with E-state index in [9.17, 15) is 4.79 Å². The molecule has 0 unspecified atom stereocenters. The molecular formula is C20H16ClN7O. The Morgan fingerprint density at radius 3 is 2.69 bits per heavy atom. The molecule has 5 rings (SSSR count). The van der Waals surface area contributed by atoms with Crippen LogP contribution < -0.4 is 0 Å². The van der Waals surface area contributed by atoms with Crippen LogP contribution in [0.1, 0.15) is 16.3 Å². The maximum absolute atomic E-state index is 12.9. The number of nitrogens with zero attached hydrogens (tertiary/aromatic N) is 6. The van der Waals surface area contributed by atoms with Gasteiger partial charge in [-0.05, 0) is 30.3 Å². The van der Waals surface area contributed by atoms with Crippen molar-refractivity contribution in [3.8, 4) is 22.8 Å². The van der Waals surface area contributed by atoms with Crippen molar-refractivity contribution in [1.82, 2.24) is 34.8 Å². The van der Waals surface area contributed by atoms with E-state index in [1.165, 1.54) is 0 Å². The fraction of sp³-hybridized carbons (Fsp3) is 0.150. The van der Waals surface area contributed by atoms with Crippen molar-refractivity contribution < 1.29 is 4.79 Å². The maximum atomic E-state index is 12.9. The minimum absolute atomic E-state index is 0.119. The Balaban J connectivity index is 1.35. The molecule has 0 radical (unpaired) electrons. The first-order chi connectivity index (χ1) is 14.2. The minimum atomic E-state index is -0.119. The zero-order valence-corrected chi connectivity index (χ0v) is 16.0. The van der Waals surface area contributed by atoms with Crippen molar-refractivity contribution in [3.63, 3.8) is 0 Å². The van der Waals surface area contributed by atoms with E-state index in [-0.39, 0.29) is 5.91 Å². The molecule has 0 spiro atoms. The number of H-pyrrole nitrogens is 1. The molecule has 29 heavy (non-hydrogen) atoms. The summed E-state index contributed by atoms with van der Waals surface area (Å²) in [6.45, 7) is 1.55. The van der Waals surface area contributed by atoms with Gasteiger partial charge in [-0.3, -0.25) is 14.9 Å². The normalized spacial score (nSPS) is 13.3. The van der Waals surface area contributed by atoms with Crippen LogP contribution in [0.3, 0.4) is 0 Å². The zero-order valence-electron chi connectivity index (χ0n) is 15.3. The summed E-state index contributed by atoms with van der Waals surface area (Å²) in [6, 6.07) is 14.8. The van der Waals surface area contributed by atoms with Gasteiger partial charge in [0.1, 0.15) is 11.4 Å². The molecule has 1 aliphatic rings. The van der Waals surface area contributed by atoms with Crippen LogP contribution in [0.25, 0.3) is 22.8 Å². The van der Waals surface area contributed by atoms with E-state index >= 15 is 0 Å². The fourth-order valence-corrected chi connectivity index (χ4v) is 3.51. The molecule has 9 heteroatoms. The van der Waals surface area contributed by atoms with Crippen molar-refractivity contribution in [2.24, 2.45) is 0 Å². The first-order valence-corrected chi connectivity index (χ1v) is 9.51. The number of benzene rings is 1. The van der Waals surface area contributed by atoms with Gasteiger partial charge >= 0.3 is 0 Å². The summed E-state index contributed by atoms with van der Waals surface area (Å²) in [5.74, 6) is 1.34. The Kier molecular flexibility index (Phi) is 4.33. The highest BCUT2D eigenvalue weighted by Gasteiger charge is 2.27. The third-order valence-electron chi connectivity index (χ3n) is 4.88. The summed E-state index contributed by atoms with van der Waals surface area (Å²) < 4.78 is 2.01. The molecule has 4 heterocycles. The molecule has 0 aliphatic carbocycles. The lowest BCUT2D eigenvalue weighted by atomic mass is 10.1. The number of fused-ring (bicyclic) bond motifs is 1. The maximum Gasteiger partial charge on any atom is 0.272 e. The average molecular weight is 406 g/mol. The van der Waals surface area contributed by atoms with E-state index in [0.29, 0.717) is 36.0 Å². The van der Waals surface area contributed by atoms with Gasteiger partial charge in [-0.1, -0.05) is 29.8 Å². The van der Waals surface area contributed by atoms with Gasteiger partial charge in [0, 0.05) is 29.9 Å². The lowest BCUT2D eigenvalue weighted by molar-refractivity contribution is 0.0702. The number of aromatic amines is 1. The van der Waals surface area contributed by atoms with Crippen LogP contribution in [-0.2, 0) is 13.1 Å². The largest absolute Gasteiger partial charge is 0.328 e. The number of carbonyl (C=O) groups is 1. The third kappa shape index (κ3) is 3.27. The molecule has 0 atom stereocenters. The Bertz CT molecular complexity index is 1170. The van der Waals surface area contributed by atoms with Crippen molar-refractivity contribution >= 4 is 17.5 Å². The van der Waals surface area contributed by atoms with E-state index in [0.717, 1.165) is 22.9 Å². The number of hydrogen-bond donors (Lipinski definition) is 1. The summed E-state index contributed by atoms with van der Waals surface area (Å²) in [6.07, 6.45) is 1.73. The van der Waals surface area contributed by atoms with Crippen LogP contribution in [0.2, 0.25) is 5.02 Å². The highest BCUT2D eigenvalue weighted by Crippen LogP contribution is 2.23. The van der Waals surface area contributed by atoms with Crippen molar-refractivity contribution in [3.05, 3.63) is 71.3 Å². The van der Waals surface area contributed by atoms with Crippen molar-refractivity contribution in [2.75, 3.05) is 6.54 Å². The first kappa shape index (κ1) is 17.6. The van der Waals surface area contributed by atoms with Crippen LogP contribution in [0.5, 0.6) is 0 Å². The number of nitrogens with one attached hydrogen (secondary N) is 1. The first-order valence-electron chi connectivity index (χ1n) is 9.13. The van der Waals surface area contributed by atoms with Gasteiger partial charge < -0.3 is 9.47 Å². The highest BCUT2D eigenvalue weighted by molar-refractivity contribution is 6.30. The van der Waals surface area contributed by atoms with Crippen LogP contribution >= 0.6 is 11.6 Å². The van der Waals surface area contributed by atoms with Gasteiger partial charge in [0.2, 0.25) is 0 Å². The number of hydrogen-bond acceptors (Lipinski definition) is 5. The summed E-state index contributed by atoms with van der Waals surface area (Å²) in [4.78, 5) is 19.0. The summed E-state index contributed by atoms with van der Waals surface area (Å²) in [5.41, 5.74) is 2.80. The van der Waals surface area contributed by atoms with Gasteiger partial charge in [0.25, 0.3) is 5.91 Å². The van der Waals surface area contributed by atoms with Crippen molar-refractivity contribution in [2.45, 2.75) is 13.1 Å². The molecule has 4 aromatic rings. The number of pyridine rings is 1. The van der Waals surface area contributed by atoms with E-state index in [1.807, 2.05) is 34.9 Å². The second-order valence-electron chi connectivity index (χ2n) is 6.71. The molecular weight excluding hydrogens is 390 g/mol. The predicted molar refractivity (Wildman–Crippen MR) is 107 cm³/mol. The molecule has 1 amide bonds. The Morgan fingerprint density at radius 2 is 1.90 bits per heavy atom. The Labute approximate surface area is 171 Å². The fourth-order valence-electron chi connectivity index (χ4n) is 3.39. The Morgan fingerprint density at radius 1 is 1.03 bits per heavy atom. The van der Waals surface area contributed by atoms with Crippen LogP contribution in [0, 0.1) is 0 Å². The van der Waals surface area contributed by atoms with Gasteiger partial charge in [-0.2, -0.15) is 5.10 Å². The third-order valence-corrected chi connectivity index (χ3v) is 5.13. The molecule has 0 saturated heterocycles. The molecule has 1 aliphatic heterocycles. The lowest BCUT2D eigenvalue weighted by Crippen LogP contribution is -2.38. The topological polar surface area (TPSA) is 92.6 Å². The molecule has 0 fully saturated rings. The number of rotatable bonds is 3. The van der Waals surface area contributed by atoms with E-state index in [4.69, 9.17) is 11.6 Å². The van der Waals surface area contributed by atoms with E-state index < -0.39 is 0 Å². The zero-order chi connectivity index (χ0) is 19.8. The van der Waals surface area contributed by atoms with Crippen LogP contribution in [0.15, 0.2) is 54.7 Å². The Hall–Kier alpha value is -3.52.